The molecule has 2 aromatic carbocycles. The Kier molecular flexibility index (Phi) is 8.05. The van der Waals surface area contributed by atoms with Crippen LogP contribution in [0.1, 0.15) is 36.5 Å². The minimum atomic E-state index is -0.347. The summed E-state index contributed by atoms with van der Waals surface area (Å²) in [4.78, 5) is 26.4. The van der Waals surface area contributed by atoms with Gasteiger partial charge < -0.3 is 9.64 Å². The summed E-state index contributed by atoms with van der Waals surface area (Å²) in [6.45, 7) is 4.73. The summed E-state index contributed by atoms with van der Waals surface area (Å²) in [7, 11) is 1.38. The highest BCUT2D eigenvalue weighted by Crippen LogP contribution is 2.13. The zero-order chi connectivity index (χ0) is 19.6. The smallest absolute Gasteiger partial charge is 0.310 e. The number of carbonyl (C=O) groups is 2. The first-order chi connectivity index (χ1) is 13.0. The molecule has 2 rings (SSSR count). The highest BCUT2D eigenvalue weighted by molar-refractivity contribution is 5.78. The third-order valence-electron chi connectivity index (χ3n) is 4.64. The number of amides is 1. The lowest BCUT2D eigenvalue weighted by atomic mass is 10.1. The van der Waals surface area contributed by atoms with Gasteiger partial charge in [-0.05, 0) is 30.9 Å². The van der Waals surface area contributed by atoms with Crippen LogP contribution in [-0.2, 0) is 27.3 Å². The molecule has 0 N–H and O–H groups in total. The Balaban J connectivity index is 1.96. The molecule has 0 aliphatic carbocycles. The summed E-state index contributed by atoms with van der Waals surface area (Å²) in [5.74, 6) is -0.568. The van der Waals surface area contributed by atoms with Crippen LogP contribution in [0.15, 0.2) is 54.6 Å². The van der Waals surface area contributed by atoms with Gasteiger partial charge in [0, 0.05) is 19.5 Å². The van der Waals surface area contributed by atoms with Crippen LogP contribution in [0, 0.1) is 12.8 Å². The molecule has 2 aromatic rings. The van der Waals surface area contributed by atoms with Gasteiger partial charge in [0.15, 0.2) is 0 Å². The van der Waals surface area contributed by atoms with Gasteiger partial charge in [0.05, 0.1) is 13.0 Å². The molecule has 4 nitrogen and oxygen atoms in total. The first-order valence-electron chi connectivity index (χ1n) is 9.44. The summed E-state index contributed by atoms with van der Waals surface area (Å²) in [6.07, 6.45) is 2.13. The molecule has 0 aromatic heterocycles. The summed E-state index contributed by atoms with van der Waals surface area (Å²) in [5.41, 5.74) is 3.54. The Bertz CT molecular complexity index is 725. The lowest BCUT2D eigenvalue weighted by Gasteiger charge is -2.25. The fourth-order valence-electron chi connectivity index (χ4n) is 3.02. The molecule has 0 saturated heterocycles. The molecule has 0 aliphatic rings. The number of nitrogens with zero attached hydrogens (tertiary/aromatic N) is 1. The molecule has 0 bridgehead atoms. The van der Waals surface area contributed by atoms with Crippen molar-refractivity contribution >= 4 is 11.9 Å². The van der Waals surface area contributed by atoms with Gasteiger partial charge in [0.2, 0.25) is 5.91 Å². The number of hydrogen-bond donors (Lipinski definition) is 0. The average molecular weight is 367 g/mol. The summed E-state index contributed by atoms with van der Waals surface area (Å²) < 4.78 is 4.81. The normalized spacial score (nSPS) is 11.7. The quantitative estimate of drug-likeness (QED) is 0.625. The molecule has 0 fully saturated rings. The van der Waals surface area contributed by atoms with E-state index in [-0.39, 0.29) is 17.8 Å². The van der Waals surface area contributed by atoms with E-state index < -0.39 is 0 Å². The number of aryl methyl sites for hydroxylation is 2. The molecular weight excluding hydrogens is 338 g/mol. The molecule has 4 heteroatoms. The predicted octanol–water partition coefficient (Wildman–Crippen LogP) is 4.16. The first-order valence-corrected chi connectivity index (χ1v) is 9.44. The highest BCUT2D eigenvalue weighted by atomic mass is 16.5. The van der Waals surface area contributed by atoms with E-state index in [0.29, 0.717) is 19.5 Å². The minimum absolute atomic E-state index is 0.0710. The maximum atomic E-state index is 12.8. The van der Waals surface area contributed by atoms with Crippen molar-refractivity contribution < 1.29 is 14.3 Å². The zero-order valence-electron chi connectivity index (χ0n) is 16.5. The predicted molar refractivity (Wildman–Crippen MR) is 107 cm³/mol. The van der Waals surface area contributed by atoms with Gasteiger partial charge >= 0.3 is 5.97 Å². The van der Waals surface area contributed by atoms with Crippen molar-refractivity contribution in [1.29, 1.82) is 0 Å². The van der Waals surface area contributed by atoms with E-state index in [4.69, 9.17) is 4.74 Å². The molecular formula is C23H29NO3. The molecule has 0 saturated carbocycles. The maximum Gasteiger partial charge on any atom is 0.310 e. The second kappa shape index (κ2) is 10.5. The SMILES string of the molecule is COC(=O)C(C)CN(Cc1ccccc1)C(=O)CCCc1ccc(C)cc1. The second-order valence-electron chi connectivity index (χ2n) is 7.02. The third-order valence-corrected chi connectivity index (χ3v) is 4.64. The molecule has 27 heavy (non-hydrogen) atoms. The highest BCUT2D eigenvalue weighted by Gasteiger charge is 2.21. The fourth-order valence-corrected chi connectivity index (χ4v) is 3.02. The van der Waals surface area contributed by atoms with E-state index in [1.165, 1.54) is 18.2 Å². The summed E-state index contributed by atoms with van der Waals surface area (Å²) in [6, 6.07) is 18.3. The number of benzene rings is 2. The van der Waals surface area contributed by atoms with E-state index in [0.717, 1.165) is 18.4 Å². The van der Waals surface area contributed by atoms with Gasteiger partial charge in [-0.1, -0.05) is 67.1 Å². The number of esters is 1. The van der Waals surface area contributed by atoms with Crippen LogP contribution in [0.2, 0.25) is 0 Å². The Morgan fingerprint density at radius 3 is 2.30 bits per heavy atom. The molecule has 1 unspecified atom stereocenters. The summed E-state index contributed by atoms with van der Waals surface area (Å²) >= 11 is 0. The number of hydrogen-bond acceptors (Lipinski definition) is 3. The number of ether oxygens (including phenoxy) is 1. The lowest BCUT2D eigenvalue weighted by Crippen LogP contribution is -2.36. The second-order valence-corrected chi connectivity index (χ2v) is 7.02. The molecule has 0 heterocycles. The van der Waals surface area contributed by atoms with E-state index >= 15 is 0 Å². The van der Waals surface area contributed by atoms with Gasteiger partial charge in [0.25, 0.3) is 0 Å². The van der Waals surface area contributed by atoms with Crippen molar-refractivity contribution in [3.8, 4) is 0 Å². The van der Waals surface area contributed by atoms with E-state index in [9.17, 15) is 9.59 Å². The Hall–Kier alpha value is -2.62. The van der Waals surface area contributed by atoms with Gasteiger partial charge in [-0.15, -0.1) is 0 Å². The number of rotatable bonds is 9. The largest absolute Gasteiger partial charge is 0.469 e. The van der Waals surface area contributed by atoms with Crippen molar-refractivity contribution in [1.82, 2.24) is 4.90 Å². The van der Waals surface area contributed by atoms with E-state index in [2.05, 4.69) is 31.2 Å². The Morgan fingerprint density at radius 2 is 1.67 bits per heavy atom. The standard InChI is InChI=1S/C23H29NO3/c1-18-12-14-20(15-13-18)10-7-11-22(25)24(16-19(2)23(26)27-3)17-21-8-5-4-6-9-21/h4-6,8-9,12-15,19H,7,10-11,16-17H2,1-3H3. The van der Waals surface area contributed by atoms with Crippen LogP contribution in [0.25, 0.3) is 0 Å². The van der Waals surface area contributed by atoms with Gasteiger partial charge in [-0.3, -0.25) is 9.59 Å². The van der Waals surface area contributed by atoms with Crippen molar-refractivity contribution in [2.45, 2.75) is 39.7 Å². The monoisotopic (exact) mass is 367 g/mol. The van der Waals surface area contributed by atoms with Crippen LogP contribution in [0.4, 0.5) is 0 Å². The van der Waals surface area contributed by atoms with Gasteiger partial charge in [0.1, 0.15) is 0 Å². The molecule has 0 radical (unpaired) electrons. The Labute approximate surface area is 162 Å². The third kappa shape index (κ3) is 6.89. The Morgan fingerprint density at radius 1 is 1.00 bits per heavy atom. The van der Waals surface area contributed by atoms with Crippen LogP contribution >= 0.6 is 0 Å². The lowest BCUT2D eigenvalue weighted by molar-refractivity contribution is -0.146. The van der Waals surface area contributed by atoms with Gasteiger partial charge in [-0.25, -0.2) is 0 Å². The van der Waals surface area contributed by atoms with Crippen molar-refractivity contribution in [2.24, 2.45) is 5.92 Å². The van der Waals surface area contributed by atoms with Gasteiger partial charge in [-0.2, -0.15) is 0 Å². The van der Waals surface area contributed by atoms with E-state index in [1.807, 2.05) is 30.3 Å². The number of carbonyl (C=O) groups excluding carboxylic acids is 2. The average Bonchev–Trinajstić information content (AvgIpc) is 2.69. The molecule has 0 aliphatic heterocycles. The molecule has 0 spiro atoms. The number of methoxy groups -OCH3 is 1. The molecule has 1 atom stereocenters. The topological polar surface area (TPSA) is 46.6 Å². The van der Waals surface area contributed by atoms with Crippen LogP contribution in [0.3, 0.4) is 0 Å². The van der Waals surface area contributed by atoms with Crippen LogP contribution in [0.5, 0.6) is 0 Å². The zero-order valence-corrected chi connectivity index (χ0v) is 16.5. The van der Waals surface area contributed by atoms with Crippen LogP contribution < -0.4 is 0 Å². The maximum absolute atomic E-state index is 12.8. The van der Waals surface area contributed by atoms with Crippen molar-refractivity contribution in [3.05, 3.63) is 71.3 Å². The fraction of sp³-hybridized carbons (Fsp3) is 0.391. The minimum Gasteiger partial charge on any atom is -0.469 e. The molecule has 144 valence electrons. The van der Waals surface area contributed by atoms with Crippen molar-refractivity contribution in [2.75, 3.05) is 13.7 Å². The molecule has 1 amide bonds. The summed E-state index contributed by atoms with van der Waals surface area (Å²) in [5, 5.41) is 0. The van der Waals surface area contributed by atoms with Crippen molar-refractivity contribution in [3.63, 3.8) is 0 Å². The first kappa shape index (κ1) is 20.7. The van der Waals surface area contributed by atoms with E-state index in [1.54, 1.807) is 11.8 Å². The van der Waals surface area contributed by atoms with Crippen LogP contribution in [-0.4, -0.2) is 30.4 Å².